The highest BCUT2D eigenvalue weighted by Crippen LogP contribution is 2.26. The minimum absolute atomic E-state index is 0.174. The number of alkyl halides is 2. The fraction of sp³-hybridized carbons (Fsp3) is 0.125. The van der Waals surface area contributed by atoms with Crippen LogP contribution in [0, 0.1) is 5.82 Å². The molecule has 15 heavy (non-hydrogen) atoms. The number of carboxylic acid groups (broad SMARTS) is 1. The molecule has 0 fully saturated rings. The molecule has 1 aromatic rings. The van der Waals surface area contributed by atoms with E-state index in [9.17, 15) is 18.0 Å². The van der Waals surface area contributed by atoms with Gasteiger partial charge in [-0.05, 0) is 18.2 Å². The lowest BCUT2D eigenvalue weighted by atomic mass is 10.3. The number of carboxylic acids is 1. The molecule has 0 aromatic heterocycles. The number of hydrogen-bond donors (Lipinski definition) is 2. The Morgan fingerprint density at radius 1 is 1.47 bits per heavy atom. The summed E-state index contributed by atoms with van der Waals surface area (Å²) in [6.07, 6.45) is -4.47. The van der Waals surface area contributed by atoms with Crippen LogP contribution in [0.1, 0.15) is 0 Å². The second-order valence-corrected chi connectivity index (χ2v) is 3.06. The Balaban J connectivity index is 2.99. The molecule has 0 unspecified atom stereocenters. The first-order valence-corrected chi connectivity index (χ1v) is 4.06. The Bertz CT molecular complexity index is 395. The van der Waals surface area contributed by atoms with Gasteiger partial charge in [0.2, 0.25) is 0 Å². The lowest BCUT2D eigenvalue weighted by molar-refractivity contribution is -0.211. The van der Waals surface area contributed by atoms with Crippen LogP contribution in [0.15, 0.2) is 23.1 Å². The average Bonchev–Trinajstić information content (AvgIpc) is 2.10. The second-order valence-electron chi connectivity index (χ2n) is 2.54. The van der Waals surface area contributed by atoms with Gasteiger partial charge in [0.15, 0.2) is 11.6 Å². The van der Waals surface area contributed by atoms with Crippen molar-refractivity contribution in [3.63, 3.8) is 0 Å². The smallest absolute Gasteiger partial charge is 0.474 e. The molecule has 0 heterocycles. The van der Waals surface area contributed by atoms with Crippen molar-refractivity contribution in [1.82, 2.24) is 0 Å². The second kappa shape index (κ2) is 4.01. The Hall–Kier alpha value is -1.37. The van der Waals surface area contributed by atoms with E-state index in [0.29, 0.717) is 0 Å². The van der Waals surface area contributed by atoms with E-state index in [1.807, 2.05) is 0 Å². The topological polar surface area (TPSA) is 46.5 Å². The van der Waals surface area contributed by atoms with E-state index in [1.165, 1.54) is 6.07 Å². The molecule has 0 spiro atoms. The van der Waals surface area contributed by atoms with E-state index >= 15 is 0 Å². The molecule has 0 atom stereocenters. The quantitative estimate of drug-likeness (QED) is 0.793. The van der Waals surface area contributed by atoms with Gasteiger partial charge in [-0.15, -0.1) is 12.6 Å². The van der Waals surface area contributed by atoms with Crippen molar-refractivity contribution in [3.8, 4) is 5.75 Å². The minimum Gasteiger partial charge on any atom is -0.474 e. The van der Waals surface area contributed by atoms with Gasteiger partial charge in [0.25, 0.3) is 0 Å². The maximum absolute atomic E-state index is 12.9. The van der Waals surface area contributed by atoms with Gasteiger partial charge in [-0.3, -0.25) is 0 Å². The molecule has 0 radical (unpaired) electrons. The normalized spacial score (nSPS) is 11.2. The Kier molecular flexibility index (Phi) is 3.13. The van der Waals surface area contributed by atoms with Crippen molar-refractivity contribution >= 4 is 18.6 Å². The van der Waals surface area contributed by atoms with Crippen LogP contribution in [-0.2, 0) is 4.79 Å². The van der Waals surface area contributed by atoms with E-state index in [-0.39, 0.29) is 4.90 Å². The molecule has 0 aliphatic rings. The number of hydrogen-bond acceptors (Lipinski definition) is 3. The van der Waals surface area contributed by atoms with Crippen LogP contribution < -0.4 is 4.74 Å². The predicted molar refractivity (Wildman–Crippen MR) is 46.9 cm³/mol. The van der Waals surface area contributed by atoms with Crippen molar-refractivity contribution in [2.24, 2.45) is 0 Å². The SMILES string of the molecule is O=C(O)C(F)(F)Oc1cc(S)ccc1F. The van der Waals surface area contributed by atoms with Crippen LogP contribution in [0.2, 0.25) is 0 Å². The van der Waals surface area contributed by atoms with E-state index < -0.39 is 23.6 Å². The fourth-order valence-electron chi connectivity index (χ4n) is 0.752. The number of halogens is 3. The lowest BCUT2D eigenvalue weighted by Gasteiger charge is -2.13. The van der Waals surface area contributed by atoms with Crippen LogP contribution in [0.25, 0.3) is 0 Å². The maximum Gasteiger partial charge on any atom is 0.502 e. The molecule has 0 saturated heterocycles. The molecular formula is C8H5F3O3S. The van der Waals surface area contributed by atoms with Crippen LogP contribution in [0.5, 0.6) is 5.75 Å². The molecule has 0 bridgehead atoms. The first-order chi connectivity index (χ1) is 6.83. The zero-order valence-electron chi connectivity index (χ0n) is 7.08. The van der Waals surface area contributed by atoms with Gasteiger partial charge in [-0.1, -0.05) is 0 Å². The number of thiol groups is 1. The Morgan fingerprint density at radius 3 is 2.60 bits per heavy atom. The van der Waals surface area contributed by atoms with Crippen molar-refractivity contribution in [2.75, 3.05) is 0 Å². The standard InChI is InChI=1S/C8H5F3O3S/c9-5-2-1-4(15)3-6(5)14-8(10,11)7(12)13/h1-3,15H,(H,12,13). The summed E-state index contributed by atoms with van der Waals surface area (Å²) in [5.74, 6) is -4.45. The number of ether oxygens (including phenoxy) is 1. The first kappa shape index (κ1) is 11.7. The zero-order chi connectivity index (χ0) is 11.6. The van der Waals surface area contributed by atoms with Crippen molar-refractivity contribution in [1.29, 1.82) is 0 Å². The van der Waals surface area contributed by atoms with Crippen molar-refractivity contribution < 1.29 is 27.8 Å². The van der Waals surface area contributed by atoms with Crippen LogP contribution in [-0.4, -0.2) is 17.2 Å². The molecule has 82 valence electrons. The Labute approximate surface area is 87.9 Å². The van der Waals surface area contributed by atoms with Gasteiger partial charge in [0.1, 0.15) is 0 Å². The fourth-order valence-corrected chi connectivity index (χ4v) is 0.944. The van der Waals surface area contributed by atoms with Gasteiger partial charge in [0, 0.05) is 4.90 Å². The first-order valence-electron chi connectivity index (χ1n) is 3.61. The van der Waals surface area contributed by atoms with Crippen LogP contribution in [0.4, 0.5) is 13.2 Å². The molecule has 1 N–H and O–H groups in total. The van der Waals surface area contributed by atoms with Crippen molar-refractivity contribution in [3.05, 3.63) is 24.0 Å². The Morgan fingerprint density at radius 2 is 2.07 bits per heavy atom. The van der Waals surface area contributed by atoms with Gasteiger partial charge in [-0.2, -0.15) is 8.78 Å². The summed E-state index contributed by atoms with van der Waals surface area (Å²) in [6, 6.07) is 2.91. The minimum atomic E-state index is -4.47. The monoisotopic (exact) mass is 238 g/mol. The largest absolute Gasteiger partial charge is 0.502 e. The number of benzene rings is 1. The van der Waals surface area contributed by atoms with Crippen LogP contribution in [0.3, 0.4) is 0 Å². The molecule has 0 aliphatic heterocycles. The number of rotatable bonds is 3. The maximum atomic E-state index is 12.9. The molecule has 1 aromatic carbocycles. The molecule has 0 aliphatic carbocycles. The van der Waals surface area contributed by atoms with Gasteiger partial charge >= 0.3 is 12.1 Å². The highest BCUT2D eigenvalue weighted by Gasteiger charge is 2.43. The summed E-state index contributed by atoms with van der Waals surface area (Å²) in [5, 5.41) is 8.05. The third kappa shape index (κ3) is 2.79. The highest BCUT2D eigenvalue weighted by atomic mass is 32.1. The molecular weight excluding hydrogens is 233 g/mol. The summed E-state index contributed by atoms with van der Waals surface area (Å²) in [4.78, 5) is 10.2. The third-order valence-electron chi connectivity index (χ3n) is 1.40. The zero-order valence-corrected chi connectivity index (χ0v) is 7.97. The average molecular weight is 238 g/mol. The molecule has 0 amide bonds. The van der Waals surface area contributed by atoms with Crippen molar-refractivity contribution in [2.45, 2.75) is 11.0 Å². The molecule has 3 nitrogen and oxygen atoms in total. The number of aliphatic carboxylic acids is 1. The molecule has 7 heteroatoms. The summed E-state index contributed by atoms with van der Waals surface area (Å²) in [6.45, 7) is 0. The third-order valence-corrected chi connectivity index (χ3v) is 1.68. The van der Waals surface area contributed by atoms with E-state index in [2.05, 4.69) is 17.4 Å². The summed E-state index contributed by atoms with van der Waals surface area (Å²) in [7, 11) is 0. The predicted octanol–water partition coefficient (Wildman–Crippen LogP) is 2.17. The van der Waals surface area contributed by atoms with Gasteiger partial charge in [-0.25, -0.2) is 9.18 Å². The summed E-state index contributed by atoms with van der Waals surface area (Å²) < 4.78 is 41.7. The number of carbonyl (C=O) groups is 1. The highest BCUT2D eigenvalue weighted by molar-refractivity contribution is 7.80. The van der Waals surface area contributed by atoms with Crippen LogP contribution >= 0.6 is 12.6 Å². The van der Waals surface area contributed by atoms with E-state index in [0.717, 1.165) is 12.1 Å². The van der Waals surface area contributed by atoms with Gasteiger partial charge < -0.3 is 9.84 Å². The molecule has 1 rings (SSSR count). The lowest BCUT2D eigenvalue weighted by Crippen LogP contribution is -2.35. The summed E-state index contributed by atoms with van der Waals surface area (Å²) in [5.41, 5.74) is 0. The van der Waals surface area contributed by atoms with E-state index in [1.54, 1.807) is 0 Å². The molecule has 0 saturated carbocycles. The summed E-state index contributed by atoms with van der Waals surface area (Å²) >= 11 is 3.76. The van der Waals surface area contributed by atoms with E-state index in [4.69, 9.17) is 5.11 Å². The van der Waals surface area contributed by atoms with Gasteiger partial charge in [0.05, 0.1) is 0 Å².